The number of hydrogen-bond donors (Lipinski definition) is 0. The fourth-order valence-electron chi connectivity index (χ4n) is 3.74. The first-order valence-corrected chi connectivity index (χ1v) is 11.4. The SMILES string of the molecule is CCCCCCCCOC(=O)C1CCCC(C(=O)OCCCCC(C)C)C1. The smallest absolute Gasteiger partial charge is 0.308 e. The molecule has 1 saturated carbocycles. The highest BCUT2D eigenvalue weighted by atomic mass is 16.5. The lowest BCUT2D eigenvalue weighted by atomic mass is 9.81. The number of unbranched alkanes of at least 4 members (excludes halogenated alkanes) is 6. The van der Waals surface area contributed by atoms with E-state index < -0.39 is 0 Å². The first-order valence-electron chi connectivity index (χ1n) is 11.4. The Kier molecular flexibility index (Phi) is 13.3. The molecule has 0 spiro atoms. The summed E-state index contributed by atoms with van der Waals surface area (Å²) in [7, 11) is 0. The fraction of sp³-hybridized carbons (Fsp3) is 0.913. The minimum absolute atomic E-state index is 0.113. The van der Waals surface area contributed by atoms with Crippen molar-refractivity contribution in [1.82, 2.24) is 0 Å². The molecule has 0 aromatic carbocycles. The molecule has 0 aromatic rings. The van der Waals surface area contributed by atoms with Gasteiger partial charge in [-0.2, -0.15) is 0 Å². The van der Waals surface area contributed by atoms with Gasteiger partial charge in [-0.3, -0.25) is 9.59 Å². The van der Waals surface area contributed by atoms with Gasteiger partial charge < -0.3 is 9.47 Å². The van der Waals surface area contributed by atoms with Crippen molar-refractivity contribution in [2.24, 2.45) is 17.8 Å². The van der Waals surface area contributed by atoms with E-state index in [-0.39, 0.29) is 23.8 Å². The van der Waals surface area contributed by atoms with Gasteiger partial charge in [0.1, 0.15) is 0 Å². The summed E-state index contributed by atoms with van der Waals surface area (Å²) < 4.78 is 10.9. The highest BCUT2D eigenvalue weighted by Crippen LogP contribution is 2.31. The van der Waals surface area contributed by atoms with E-state index in [1.165, 1.54) is 32.1 Å². The number of carbonyl (C=O) groups excluding carboxylic acids is 2. The summed E-state index contributed by atoms with van der Waals surface area (Å²) in [5.41, 5.74) is 0. The molecule has 1 aliphatic rings. The van der Waals surface area contributed by atoms with Crippen LogP contribution in [0.4, 0.5) is 0 Å². The number of esters is 2. The van der Waals surface area contributed by atoms with Gasteiger partial charge in [-0.1, -0.05) is 65.7 Å². The molecule has 1 aliphatic carbocycles. The van der Waals surface area contributed by atoms with Crippen LogP contribution in [0.1, 0.15) is 104 Å². The number of carbonyl (C=O) groups is 2. The topological polar surface area (TPSA) is 52.6 Å². The largest absolute Gasteiger partial charge is 0.465 e. The van der Waals surface area contributed by atoms with Crippen LogP contribution in [0.5, 0.6) is 0 Å². The number of ether oxygens (including phenoxy) is 2. The van der Waals surface area contributed by atoms with Crippen LogP contribution in [0, 0.1) is 17.8 Å². The molecule has 0 aromatic heterocycles. The highest BCUT2D eigenvalue weighted by molar-refractivity contribution is 5.76. The van der Waals surface area contributed by atoms with Crippen LogP contribution >= 0.6 is 0 Å². The fourth-order valence-corrected chi connectivity index (χ4v) is 3.74. The minimum atomic E-state index is -0.129. The molecule has 2 atom stereocenters. The first kappa shape index (κ1) is 24.0. The average Bonchev–Trinajstić information content (AvgIpc) is 2.66. The Morgan fingerprint density at radius 2 is 1.33 bits per heavy atom. The lowest BCUT2D eigenvalue weighted by molar-refractivity contribution is -0.155. The molecule has 4 heteroatoms. The molecule has 0 amide bonds. The predicted octanol–water partition coefficient (Wildman–Crippen LogP) is 6.07. The zero-order valence-electron chi connectivity index (χ0n) is 18.0. The summed E-state index contributed by atoms with van der Waals surface area (Å²) >= 11 is 0. The van der Waals surface area contributed by atoms with Gasteiger partial charge in [0.25, 0.3) is 0 Å². The predicted molar refractivity (Wildman–Crippen MR) is 109 cm³/mol. The molecular formula is C23H42O4. The van der Waals surface area contributed by atoms with Crippen LogP contribution < -0.4 is 0 Å². The Labute approximate surface area is 166 Å². The molecule has 0 radical (unpaired) electrons. The molecule has 0 heterocycles. The molecule has 0 aliphatic heterocycles. The number of hydrogen-bond acceptors (Lipinski definition) is 4. The van der Waals surface area contributed by atoms with E-state index in [2.05, 4.69) is 20.8 Å². The second-order valence-corrected chi connectivity index (χ2v) is 8.55. The van der Waals surface area contributed by atoms with Gasteiger partial charge in [-0.05, 0) is 44.4 Å². The van der Waals surface area contributed by atoms with E-state index in [9.17, 15) is 9.59 Å². The molecule has 27 heavy (non-hydrogen) atoms. The van der Waals surface area contributed by atoms with Crippen molar-refractivity contribution >= 4 is 11.9 Å². The second kappa shape index (κ2) is 14.9. The zero-order valence-corrected chi connectivity index (χ0v) is 18.0. The third-order valence-electron chi connectivity index (χ3n) is 5.50. The van der Waals surface area contributed by atoms with Gasteiger partial charge in [0.05, 0.1) is 25.0 Å². The Morgan fingerprint density at radius 3 is 1.89 bits per heavy atom. The summed E-state index contributed by atoms with van der Waals surface area (Å²) in [6, 6.07) is 0. The molecule has 0 N–H and O–H groups in total. The Balaban J connectivity index is 2.16. The van der Waals surface area contributed by atoms with E-state index in [1.54, 1.807) is 0 Å². The van der Waals surface area contributed by atoms with E-state index in [0.717, 1.165) is 44.9 Å². The van der Waals surface area contributed by atoms with Crippen LogP contribution in [0.2, 0.25) is 0 Å². The quantitative estimate of drug-likeness (QED) is 0.270. The maximum atomic E-state index is 12.3. The standard InChI is InChI=1S/C23H42O4/c1-4-5-6-7-8-10-16-26-22(24)20-14-12-15-21(18-20)23(25)27-17-11-9-13-19(2)3/h19-21H,4-18H2,1-3H3. The van der Waals surface area contributed by atoms with Gasteiger partial charge in [0, 0.05) is 0 Å². The molecule has 4 nitrogen and oxygen atoms in total. The van der Waals surface area contributed by atoms with Crippen LogP contribution in [-0.2, 0) is 19.1 Å². The van der Waals surface area contributed by atoms with E-state index in [1.807, 2.05) is 0 Å². The molecule has 2 unspecified atom stereocenters. The van der Waals surface area contributed by atoms with Crippen molar-refractivity contribution < 1.29 is 19.1 Å². The maximum absolute atomic E-state index is 12.3. The van der Waals surface area contributed by atoms with E-state index >= 15 is 0 Å². The summed E-state index contributed by atoms with van der Waals surface area (Å²) in [6.07, 6.45) is 13.5. The van der Waals surface area contributed by atoms with Crippen LogP contribution in [0.15, 0.2) is 0 Å². The highest BCUT2D eigenvalue weighted by Gasteiger charge is 2.32. The third kappa shape index (κ3) is 11.4. The average molecular weight is 383 g/mol. The molecular weight excluding hydrogens is 340 g/mol. The lowest BCUT2D eigenvalue weighted by Gasteiger charge is -2.26. The van der Waals surface area contributed by atoms with Crippen molar-refractivity contribution in [2.45, 2.75) is 104 Å². The number of rotatable bonds is 14. The molecule has 1 rings (SSSR count). The van der Waals surface area contributed by atoms with E-state index in [4.69, 9.17) is 9.47 Å². The zero-order chi connectivity index (χ0) is 19.9. The van der Waals surface area contributed by atoms with Crippen molar-refractivity contribution in [1.29, 1.82) is 0 Å². The summed E-state index contributed by atoms with van der Waals surface area (Å²) in [4.78, 5) is 24.6. The van der Waals surface area contributed by atoms with Crippen LogP contribution in [-0.4, -0.2) is 25.2 Å². The van der Waals surface area contributed by atoms with Crippen LogP contribution in [0.3, 0.4) is 0 Å². The van der Waals surface area contributed by atoms with Crippen molar-refractivity contribution in [3.05, 3.63) is 0 Å². The molecule has 0 saturated heterocycles. The molecule has 0 bridgehead atoms. The maximum Gasteiger partial charge on any atom is 0.308 e. The monoisotopic (exact) mass is 382 g/mol. The van der Waals surface area contributed by atoms with Gasteiger partial charge in [0.15, 0.2) is 0 Å². The Bertz CT molecular complexity index is 405. The Hall–Kier alpha value is -1.06. The lowest BCUT2D eigenvalue weighted by Crippen LogP contribution is -2.30. The summed E-state index contributed by atoms with van der Waals surface area (Å²) in [5.74, 6) is 0.209. The van der Waals surface area contributed by atoms with E-state index in [0.29, 0.717) is 25.6 Å². The summed E-state index contributed by atoms with van der Waals surface area (Å²) in [6.45, 7) is 7.66. The third-order valence-corrected chi connectivity index (χ3v) is 5.50. The van der Waals surface area contributed by atoms with Crippen molar-refractivity contribution in [3.8, 4) is 0 Å². The van der Waals surface area contributed by atoms with Gasteiger partial charge in [0.2, 0.25) is 0 Å². The van der Waals surface area contributed by atoms with Gasteiger partial charge in [-0.25, -0.2) is 0 Å². The molecule has 158 valence electrons. The minimum Gasteiger partial charge on any atom is -0.465 e. The summed E-state index contributed by atoms with van der Waals surface area (Å²) in [5, 5.41) is 0. The van der Waals surface area contributed by atoms with Crippen LogP contribution in [0.25, 0.3) is 0 Å². The Morgan fingerprint density at radius 1 is 0.815 bits per heavy atom. The second-order valence-electron chi connectivity index (χ2n) is 8.55. The molecule has 1 fully saturated rings. The van der Waals surface area contributed by atoms with Crippen molar-refractivity contribution in [3.63, 3.8) is 0 Å². The van der Waals surface area contributed by atoms with Gasteiger partial charge in [-0.15, -0.1) is 0 Å². The van der Waals surface area contributed by atoms with Gasteiger partial charge >= 0.3 is 11.9 Å². The normalized spacial score (nSPS) is 19.9. The first-order chi connectivity index (χ1) is 13.0. The van der Waals surface area contributed by atoms with Crippen molar-refractivity contribution in [2.75, 3.05) is 13.2 Å².